The van der Waals surface area contributed by atoms with Crippen molar-refractivity contribution in [1.29, 1.82) is 0 Å². The number of hydrogen-bond acceptors (Lipinski definition) is 4. The lowest BCUT2D eigenvalue weighted by atomic mass is 10.3. The molecule has 0 aromatic heterocycles. The van der Waals surface area contributed by atoms with Crippen molar-refractivity contribution in [2.24, 2.45) is 0 Å². The average Bonchev–Trinajstić information content (AvgIpc) is 2.40. The molecule has 2 heterocycles. The Morgan fingerprint density at radius 1 is 0.944 bits per heavy atom. The third-order valence-electron chi connectivity index (χ3n) is 3.54. The van der Waals surface area contributed by atoms with Gasteiger partial charge in [-0.3, -0.25) is 14.5 Å². The van der Waals surface area contributed by atoms with E-state index in [4.69, 9.17) is 4.74 Å². The van der Waals surface area contributed by atoms with Gasteiger partial charge < -0.3 is 14.5 Å². The second kappa shape index (κ2) is 6.15. The minimum absolute atomic E-state index is 0.0929. The van der Waals surface area contributed by atoms with Crippen molar-refractivity contribution in [3.63, 3.8) is 0 Å². The smallest absolute Gasteiger partial charge is 0.236 e. The van der Waals surface area contributed by atoms with E-state index in [1.165, 1.54) is 0 Å². The first-order valence-electron chi connectivity index (χ1n) is 6.50. The van der Waals surface area contributed by atoms with Crippen LogP contribution in [0.4, 0.5) is 0 Å². The van der Waals surface area contributed by atoms with Crippen LogP contribution in [0.5, 0.6) is 0 Å². The number of carbonyl (C=O) groups is 2. The third kappa shape index (κ3) is 3.43. The maximum atomic E-state index is 12.1. The molecule has 2 fully saturated rings. The van der Waals surface area contributed by atoms with E-state index in [0.29, 0.717) is 45.9 Å². The lowest BCUT2D eigenvalue weighted by Crippen LogP contribution is -2.53. The molecule has 0 spiro atoms. The maximum absolute atomic E-state index is 12.1. The molecule has 2 rings (SSSR count). The number of amides is 2. The Labute approximate surface area is 107 Å². The van der Waals surface area contributed by atoms with Gasteiger partial charge in [-0.1, -0.05) is 0 Å². The monoisotopic (exact) mass is 255 g/mol. The van der Waals surface area contributed by atoms with Crippen LogP contribution in [-0.2, 0) is 14.3 Å². The highest BCUT2D eigenvalue weighted by Gasteiger charge is 2.24. The number of carbonyl (C=O) groups excluding carboxylic acids is 2. The lowest BCUT2D eigenvalue weighted by Gasteiger charge is -2.35. The molecule has 6 nitrogen and oxygen atoms in total. The first-order chi connectivity index (χ1) is 8.66. The second-order valence-electron chi connectivity index (χ2n) is 4.78. The molecule has 0 atom stereocenters. The average molecular weight is 255 g/mol. The van der Waals surface area contributed by atoms with E-state index in [1.807, 2.05) is 4.90 Å². The van der Waals surface area contributed by atoms with Crippen molar-refractivity contribution in [2.45, 2.75) is 6.92 Å². The quantitative estimate of drug-likeness (QED) is 0.636. The van der Waals surface area contributed by atoms with Gasteiger partial charge in [0.2, 0.25) is 11.8 Å². The normalized spacial score (nSPS) is 22.1. The molecule has 0 unspecified atom stereocenters. The molecular formula is C12H21N3O3. The molecule has 0 aliphatic carbocycles. The van der Waals surface area contributed by atoms with Gasteiger partial charge in [-0.05, 0) is 0 Å². The van der Waals surface area contributed by atoms with E-state index in [9.17, 15) is 9.59 Å². The largest absolute Gasteiger partial charge is 0.379 e. The highest BCUT2D eigenvalue weighted by molar-refractivity contribution is 5.79. The predicted octanol–water partition coefficient (Wildman–Crippen LogP) is -0.991. The summed E-state index contributed by atoms with van der Waals surface area (Å²) in [5, 5.41) is 0. The molecule has 0 aromatic rings. The Balaban J connectivity index is 1.75. The number of nitrogens with zero attached hydrogens (tertiary/aromatic N) is 3. The number of ether oxygens (including phenoxy) is 1. The first kappa shape index (κ1) is 13.3. The summed E-state index contributed by atoms with van der Waals surface area (Å²) < 4.78 is 5.26. The summed E-state index contributed by atoms with van der Waals surface area (Å²) in [6.45, 7) is 7.77. The third-order valence-corrected chi connectivity index (χ3v) is 3.54. The van der Waals surface area contributed by atoms with E-state index in [-0.39, 0.29) is 11.8 Å². The summed E-state index contributed by atoms with van der Waals surface area (Å²) in [4.78, 5) is 29.0. The van der Waals surface area contributed by atoms with Crippen molar-refractivity contribution < 1.29 is 14.3 Å². The Kier molecular flexibility index (Phi) is 4.54. The second-order valence-corrected chi connectivity index (χ2v) is 4.78. The summed E-state index contributed by atoms with van der Waals surface area (Å²) in [6, 6.07) is 0. The summed E-state index contributed by atoms with van der Waals surface area (Å²) in [5.41, 5.74) is 0. The van der Waals surface area contributed by atoms with Crippen molar-refractivity contribution in [1.82, 2.24) is 14.7 Å². The molecule has 0 saturated carbocycles. The number of rotatable bonds is 2. The minimum atomic E-state index is 0.0929. The van der Waals surface area contributed by atoms with Crippen molar-refractivity contribution in [3.05, 3.63) is 0 Å². The van der Waals surface area contributed by atoms with Crippen LogP contribution in [0.2, 0.25) is 0 Å². The highest BCUT2D eigenvalue weighted by Crippen LogP contribution is 2.04. The van der Waals surface area contributed by atoms with E-state index in [1.54, 1.807) is 11.8 Å². The molecule has 0 aromatic carbocycles. The van der Waals surface area contributed by atoms with Gasteiger partial charge in [-0.25, -0.2) is 0 Å². The number of hydrogen-bond donors (Lipinski definition) is 0. The SMILES string of the molecule is CC(=O)N1CCN(C(=O)CN2CCOCC2)CC1. The topological polar surface area (TPSA) is 53.1 Å². The Morgan fingerprint density at radius 3 is 2.06 bits per heavy atom. The molecule has 2 aliphatic rings. The molecule has 0 bridgehead atoms. The highest BCUT2D eigenvalue weighted by atomic mass is 16.5. The van der Waals surface area contributed by atoms with Gasteiger partial charge in [-0.2, -0.15) is 0 Å². The zero-order chi connectivity index (χ0) is 13.0. The van der Waals surface area contributed by atoms with Crippen LogP contribution in [0.15, 0.2) is 0 Å². The van der Waals surface area contributed by atoms with Crippen LogP contribution < -0.4 is 0 Å². The molecule has 102 valence electrons. The maximum Gasteiger partial charge on any atom is 0.236 e. The van der Waals surface area contributed by atoms with Gasteiger partial charge in [0.05, 0.1) is 19.8 Å². The number of piperazine rings is 1. The molecule has 0 N–H and O–H groups in total. The molecule has 18 heavy (non-hydrogen) atoms. The van der Waals surface area contributed by atoms with Crippen LogP contribution in [0, 0.1) is 0 Å². The zero-order valence-electron chi connectivity index (χ0n) is 10.9. The van der Waals surface area contributed by atoms with Crippen molar-refractivity contribution >= 4 is 11.8 Å². The van der Waals surface area contributed by atoms with Gasteiger partial charge in [-0.15, -0.1) is 0 Å². The zero-order valence-corrected chi connectivity index (χ0v) is 10.9. The van der Waals surface area contributed by atoms with Crippen LogP contribution in [0.1, 0.15) is 6.92 Å². The van der Waals surface area contributed by atoms with Gasteiger partial charge in [0, 0.05) is 46.2 Å². The summed E-state index contributed by atoms with van der Waals surface area (Å²) in [6.07, 6.45) is 0. The fourth-order valence-electron chi connectivity index (χ4n) is 2.32. The summed E-state index contributed by atoms with van der Waals surface area (Å²) in [7, 11) is 0. The van der Waals surface area contributed by atoms with Gasteiger partial charge in [0.15, 0.2) is 0 Å². The van der Waals surface area contributed by atoms with Crippen molar-refractivity contribution in [3.8, 4) is 0 Å². The standard InChI is InChI=1S/C12H21N3O3/c1-11(16)14-2-4-15(5-3-14)12(17)10-13-6-8-18-9-7-13/h2-10H2,1H3. The fraction of sp³-hybridized carbons (Fsp3) is 0.833. The first-order valence-corrected chi connectivity index (χ1v) is 6.50. The summed E-state index contributed by atoms with van der Waals surface area (Å²) in [5.74, 6) is 0.260. The molecule has 6 heteroatoms. The van der Waals surface area contributed by atoms with Gasteiger partial charge in [0.1, 0.15) is 0 Å². The lowest BCUT2D eigenvalue weighted by molar-refractivity contribution is -0.139. The van der Waals surface area contributed by atoms with E-state index in [2.05, 4.69) is 4.90 Å². The van der Waals surface area contributed by atoms with E-state index < -0.39 is 0 Å². The van der Waals surface area contributed by atoms with Crippen LogP contribution in [0.25, 0.3) is 0 Å². The van der Waals surface area contributed by atoms with Crippen molar-refractivity contribution in [2.75, 3.05) is 59.0 Å². The predicted molar refractivity (Wildman–Crippen MR) is 66.1 cm³/mol. The van der Waals surface area contributed by atoms with E-state index >= 15 is 0 Å². The molecule has 2 saturated heterocycles. The summed E-state index contributed by atoms with van der Waals surface area (Å²) >= 11 is 0. The van der Waals surface area contributed by atoms with Crippen LogP contribution >= 0.6 is 0 Å². The fourth-order valence-corrected chi connectivity index (χ4v) is 2.32. The molecule has 0 radical (unpaired) electrons. The van der Waals surface area contributed by atoms with Gasteiger partial charge >= 0.3 is 0 Å². The Hall–Kier alpha value is -1.14. The Morgan fingerprint density at radius 2 is 1.50 bits per heavy atom. The molecular weight excluding hydrogens is 234 g/mol. The van der Waals surface area contributed by atoms with Crippen LogP contribution in [0.3, 0.4) is 0 Å². The van der Waals surface area contributed by atoms with E-state index in [0.717, 1.165) is 13.1 Å². The number of morpholine rings is 1. The minimum Gasteiger partial charge on any atom is -0.379 e. The molecule has 2 aliphatic heterocycles. The van der Waals surface area contributed by atoms with Crippen LogP contribution in [-0.4, -0.2) is 85.5 Å². The van der Waals surface area contributed by atoms with Gasteiger partial charge in [0.25, 0.3) is 0 Å². The molecule has 2 amide bonds. The Bertz CT molecular complexity index is 308.